The fourth-order valence-electron chi connectivity index (χ4n) is 6.42. The third kappa shape index (κ3) is 7.09. The van der Waals surface area contributed by atoms with Crippen LogP contribution in [-0.2, 0) is 24.4 Å². The Hall–Kier alpha value is -3.91. The molecule has 3 amide bonds. The first kappa shape index (κ1) is 34.0. The number of methoxy groups -OCH3 is 1. The van der Waals surface area contributed by atoms with Crippen molar-refractivity contribution in [1.82, 2.24) is 19.9 Å². The average molecular weight is 698 g/mol. The molecule has 6 rings (SSSR count). The first-order chi connectivity index (χ1) is 23.0. The van der Waals surface area contributed by atoms with Crippen LogP contribution in [0, 0.1) is 5.92 Å². The van der Waals surface area contributed by atoms with Crippen molar-refractivity contribution in [3.8, 4) is 10.9 Å². The first-order valence-corrected chi connectivity index (χ1v) is 18.8. The summed E-state index contributed by atoms with van der Waals surface area (Å²) in [6.45, 7) is 5.48. The van der Waals surface area contributed by atoms with Crippen LogP contribution >= 0.6 is 11.3 Å². The number of allylic oxidation sites excluding steroid dienone is 1. The zero-order valence-corrected chi connectivity index (χ0v) is 28.9. The molecule has 0 bridgehead atoms. The second-order valence-electron chi connectivity index (χ2n) is 13.4. The number of aromatic nitrogens is 1. The Labute approximate surface area is 285 Å². The number of ether oxygens (including phenoxy) is 2. The molecule has 3 N–H and O–H groups in total. The van der Waals surface area contributed by atoms with Gasteiger partial charge in [0.25, 0.3) is 11.1 Å². The van der Waals surface area contributed by atoms with Gasteiger partial charge in [0.1, 0.15) is 29.5 Å². The lowest BCUT2D eigenvalue weighted by Crippen LogP contribution is -2.58. The summed E-state index contributed by atoms with van der Waals surface area (Å²) < 4.78 is 38.9. The number of thiazole rings is 1. The van der Waals surface area contributed by atoms with E-state index in [1.54, 1.807) is 20.1 Å². The highest BCUT2D eigenvalue weighted by Gasteiger charge is 2.63. The van der Waals surface area contributed by atoms with Gasteiger partial charge in [0.05, 0.1) is 24.1 Å². The Morgan fingerprint density at radius 1 is 1.23 bits per heavy atom. The van der Waals surface area contributed by atoms with Crippen LogP contribution in [0.2, 0.25) is 0 Å². The van der Waals surface area contributed by atoms with Crippen LogP contribution in [0.25, 0.3) is 6.08 Å². The number of nitrogens with one attached hydrogen (secondary N) is 3. The standard InChI is InChI=1S/C34H43N5O7S2/c1-4-23-21-47-32(36-23)46-26-18-28-29(40)37-34(31(42)38-48(43,44)33(2)15-16-33)19-22(34)11-8-6-5-7-9-14-27(30(41)39(28)20-26)35-24-12-10-13-25(17-24)45-3/h4,8,10-13,17,21-22,26-28,35H,1,5-7,9,14-16,18-20H2,2-3H3,(H,37,40)(H,38,42)/b11-8-/t22-,26-,27+,28+,34-/m1/s1. The smallest absolute Gasteiger partial charge is 0.274 e. The number of hydrogen-bond donors (Lipinski definition) is 3. The van der Waals surface area contributed by atoms with E-state index < -0.39 is 50.3 Å². The van der Waals surface area contributed by atoms with Gasteiger partial charge < -0.3 is 25.0 Å². The second-order valence-corrected chi connectivity index (χ2v) is 16.4. The molecule has 0 spiro atoms. The van der Waals surface area contributed by atoms with E-state index in [1.807, 2.05) is 41.8 Å². The number of carbonyl (C=O) groups is 3. The lowest BCUT2D eigenvalue weighted by molar-refractivity contribution is -0.140. The highest BCUT2D eigenvalue weighted by Crippen LogP contribution is 2.47. The van der Waals surface area contributed by atoms with Crippen molar-refractivity contribution in [3.63, 3.8) is 0 Å². The molecule has 12 nitrogen and oxygen atoms in total. The van der Waals surface area contributed by atoms with E-state index in [2.05, 4.69) is 26.9 Å². The summed E-state index contributed by atoms with van der Waals surface area (Å²) in [5, 5.41) is 8.51. The first-order valence-electron chi connectivity index (χ1n) is 16.5. The molecule has 258 valence electrons. The lowest BCUT2D eigenvalue weighted by atomic mass is 10.0. The third-order valence-electron chi connectivity index (χ3n) is 9.86. The van der Waals surface area contributed by atoms with Gasteiger partial charge in [-0.05, 0) is 63.7 Å². The van der Waals surface area contributed by atoms with Crippen molar-refractivity contribution < 1.29 is 32.3 Å². The molecule has 3 fully saturated rings. The van der Waals surface area contributed by atoms with Crippen molar-refractivity contribution in [3.05, 3.63) is 54.1 Å². The fraction of sp³-hybridized carbons (Fsp3) is 0.529. The Balaban J connectivity index is 1.29. The Morgan fingerprint density at radius 3 is 2.77 bits per heavy atom. The molecule has 1 aromatic heterocycles. The molecule has 2 aliphatic carbocycles. The minimum atomic E-state index is -3.93. The quantitative estimate of drug-likeness (QED) is 0.330. The number of fused-ring (bicyclic) bond motifs is 2. The predicted octanol–water partition coefficient (Wildman–Crippen LogP) is 4.02. The highest BCUT2D eigenvalue weighted by atomic mass is 32.2. The van der Waals surface area contributed by atoms with Crippen LogP contribution < -0.4 is 24.8 Å². The van der Waals surface area contributed by atoms with Crippen molar-refractivity contribution >= 4 is 50.8 Å². The molecule has 2 aromatic rings. The molecular formula is C34H43N5O7S2. The summed E-state index contributed by atoms with van der Waals surface area (Å²) in [4.78, 5) is 48.3. The van der Waals surface area contributed by atoms with E-state index in [0.29, 0.717) is 41.6 Å². The summed E-state index contributed by atoms with van der Waals surface area (Å²) in [6.07, 6.45) is 10.2. The van der Waals surface area contributed by atoms with Crippen molar-refractivity contribution in [1.29, 1.82) is 0 Å². The summed E-state index contributed by atoms with van der Waals surface area (Å²) in [5.74, 6) is -1.27. The maximum atomic E-state index is 14.4. The number of anilines is 1. The second kappa shape index (κ2) is 13.5. The minimum Gasteiger partial charge on any atom is -0.497 e. The molecule has 1 aromatic carbocycles. The zero-order valence-electron chi connectivity index (χ0n) is 27.3. The van der Waals surface area contributed by atoms with E-state index in [1.165, 1.54) is 16.2 Å². The largest absolute Gasteiger partial charge is 0.497 e. The van der Waals surface area contributed by atoms with Gasteiger partial charge in [0, 0.05) is 29.5 Å². The Morgan fingerprint density at radius 2 is 2.04 bits per heavy atom. The lowest BCUT2D eigenvalue weighted by Gasteiger charge is -2.30. The van der Waals surface area contributed by atoms with Gasteiger partial charge in [0.15, 0.2) is 0 Å². The summed E-state index contributed by atoms with van der Waals surface area (Å²) in [7, 11) is -2.35. The topological polar surface area (TPSA) is 156 Å². The van der Waals surface area contributed by atoms with E-state index >= 15 is 0 Å². The van der Waals surface area contributed by atoms with Crippen molar-refractivity contribution in [2.75, 3.05) is 19.0 Å². The van der Waals surface area contributed by atoms with Crippen LogP contribution in [0.15, 0.2) is 48.4 Å². The number of benzene rings is 1. The summed E-state index contributed by atoms with van der Waals surface area (Å²) >= 11 is 1.30. The third-order valence-corrected chi connectivity index (χ3v) is 12.8. The fourth-order valence-corrected chi connectivity index (χ4v) is 8.45. The van der Waals surface area contributed by atoms with E-state index in [0.717, 1.165) is 25.7 Å². The number of carbonyl (C=O) groups excluding carboxylic acids is 3. The van der Waals surface area contributed by atoms with Crippen LogP contribution in [-0.4, -0.2) is 78.2 Å². The average Bonchev–Trinajstić information content (AvgIpc) is 3.86. The molecule has 4 aliphatic rings. The molecule has 14 heteroatoms. The number of sulfonamides is 1. The van der Waals surface area contributed by atoms with E-state index in [-0.39, 0.29) is 31.2 Å². The Kier molecular flexibility index (Phi) is 9.58. The van der Waals surface area contributed by atoms with Gasteiger partial charge in [-0.15, -0.1) is 0 Å². The van der Waals surface area contributed by atoms with Crippen molar-refractivity contribution in [2.45, 2.75) is 93.2 Å². The minimum absolute atomic E-state index is 0.130. The zero-order chi connectivity index (χ0) is 34.1. The Bertz CT molecular complexity index is 1700. The number of hydrogen-bond acceptors (Lipinski definition) is 10. The van der Waals surface area contributed by atoms with Crippen LogP contribution in [0.1, 0.15) is 70.4 Å². The van der Waals surface area contributed by atoms with Crippen LogP contribution in [0.5, 0.6) is 10.9 Å². The van der Waals surface area contributed by atoms with E-state index in [9.17, 15) is 22.8 Å². The molecule has 3 heterocycles. The van der Waals surface area contributed by atoms with Gasteiger partial charge >= 0.3 is 0 Å². The van der Waals surface area contributed by atoms with E-state index in [4.69, 9.17) is 9.47 Å². The number of rotatable bonds is 9. The molecule has 48 heavy (non-hydrogen) atoms. The molecular weight excluding hydrogens is 655 g/mol. The van der Waals surface area contributed by atoms with Gasteiger partial charge in [-0.1, -0.05) is 49.0 Å². The summed E-state index contributed by atoms with van der Waals surface area (Å²) in [5.41, 5.74) is -0.0649. The molecule has 5 atom stereocenters. The molecule has 1 saturated heterocycles. The SMILES string of the molecule is C=Cc1csc(O[C@@H]2C[C@H]3C(=O)N[C@]4(C(=O)NS(=O)(=O)C5(C)CC5)C[C@H]4/C=C\CCCCC[C@H](Nc4cccc(OC)c4)C(=O)N3C2)n1. The van der Waals surface area contributed by atoms with Gasteiger partial charge in [-0.2, -0.15) is 0 Å². The van der Waals surface area contributed by atoms with Crippen LogP contribution in [0.3, 0.4) is 0 Å². The van der Waals surface area contributed by atoms with Gasteiger partial charge in [-0.3, -0.25) is 19.1 Å². The normalized spacial score (nSPS) is 29.2. The molecule has 0 radical (unpaired) electrons. The van der Waals surface area contributed by atoms with Crippen LogP contribution in [0.4, 0.5) is 5.69 Å². The van der Waals surface area contributed by atoms with Gasteiger partial charge in [-0.25, -0.2) is 13.4 Å². The maximum absolute atomic E-state index is 14.4. The predicted molar refractivity (Wildman–Crippen MR) is 183 cm³/mol. The monoisotopic (exact) mass is 697 g/mol. The van der Waals surface area contributed by atoms with Crippen molar-refractivity contribution in [2.24, 2.45) is 5.92 Å². The number of nitrogens with zero attached hydrogens (tertiary/aromatic N) is 2. The highest BCUT2D eigenvalue weighted by molar-refractivity contribution is 7.91. The molecule has 0 unspecified atom stereocenters. The van der Waals surface area contributed by atoms with Gasteiger partial charge in [0.2, 0.25) is 21.8 Å². The summed E-state index contributed by atoms with van der Waals surface area (Å²) in [6, 6.07) is 5.74. The molecule has 2 aliphatic heterocycles. The number of amides is 3. The molecule has 2 saturated carbocycles. The maximum Gasteiger partial charge on any atom is 0.274 e.